The molecule has 2 aromatic rings. The minimum Gasteiger partial charge on any atom is -0.239 e. The minimum absolute atomic E-state index is 0.572. The van der Waals surface area contributed by atoms with Crippen LogP contribution in [-0.4, -0.2) is 5.67 Å². The molecule has 0 aliphatic heterocycles. The van der Waals surface area contributed by atoms with Gasteiger partial charge in [0, 0.05) is 0 Å². The molecule has 1 saturated carbocycles. The summed E-state index contributed by atoms with van der Waals surface area (Å²) < 4.78 is 30.4. The smallest absolute Gasteiger partial charge is 0.130 e. The zero-order valence-corrected chi connectivity index (χ0v) is 45.1. The Bertz CT molecular complexity index is 1590. The quantitative estimate of drug-likeness (QED) is 0.131. The van der Waals surface area contributed by atoms with E-state index in [1.54, 1.807) is 33.8 Å². The first-order chi connectivity index (χ1) is 29.1. The van der Waals surface area contributed by atoms with Crippen LogP contribution in [0.4, 0.5) is 8.78 Å². The van der Waals surface area contributed by atoms with Crippen LogP contribution in [0.25, 0.3) is 5.57 Å². The Morgan fingerprint density at radius 1 is 0.742 bits per heavy atom. The van der Waals surface area contributed by atoms with Gasteiger partial charge in [0.05, 0.1) is 0 Å². The lowest BCUT2D eigenvalue weighted by Crippen LogP contribution is -2.17. The molecule has 1 fully saturated rings. The van der Waals surface area contributed by atoms with Gasteiger partial charge in [0.2, 0.25) is 0 Å². The van der Waals surface area contributed by atoms with E-state index in [2.05, 4.69) is 108 Å². The summed E-state index contributed by atoms with van der Waals surface area (Å²) in [4.78, 5) is 0. The van der Waals surface area contributed by atoms with E-state index in [0.717, 1.165) is 47.5 Å². The molecular formula is C60H102F2. The summed E-state index contributed by atoms with van der Waals surface area (Å²) in [6.07, 6.45) is 20.2. The van der Waals surface area contributed by atoms with Crippen molar-refractivity contribution >= 4 is 5.57 Å². The summed E-state index contributed by atoms with van der Waals surface area (Å²) in [7, 11) is 0. The van der Waals surface area contributed by atoms with Crippen LogP contribution >= 0.6 is 0 Å². The maximum absolute atomic E-state index is 15.2. The standard InChI is InChI=1S/C38H50F2.C6H12.2C4H10.C4H8.2C2H6/c1-14-16-36(38(12,13)40)30(9)29(8)35-23-33(37(10,11)39)20-19-32(35)21-26(5)34(24(3)15-2)22-31-18-17-25(4)27(6)28(31)7;1-6-4-2-3-5-6;3*1-3-4-2;2*1-2/h14,16-20,23H,5,8,15,21-22H2,1-4,6-7,9-13H3;6H,2-5H2,1H3;2*3-4H2,1-2H3;3H,1,4H2,2H3;2*1-2H3/b16-14-,34-24-,36-30+;;;;;;. The number of unbranched alkanes of at least 4 members (excludes halogenated alkanes) is 2. The number of aryl methyl sites for hydroxylation is 1. The molecule has 0 atom stereocenters. The van der Waals surface area contributed by atoms with E-state index < -0.39 is 11.3 Å². The highest BCUT2D eigenvalue weighted by molar-refractivity contribution is 5.81. The summed E-state index contributed by atoms with van der Waals surface area (Å²) in [5.41, 5.74) is 10.3. The van der Waals surface area contributed by atoms with Crippen LogP contribution in [0.15, 0.2) is 96.2 Å². The zero-order chi connectivity index (χ0) is 49.2. The van der Waals surface area contributed by atoms with Crippen molar-refractivity contribution in [3.63, 3.8) is 0 Å². The summed E-state index contributed by atoms with van der Waals surface area (Å²) >= 11 is 0. The van der Waals surface area contributed by atoms with Crippen molar-refractivity contribution in [1.29, 1.82) is 0 Å². The monoisotopic (exact) mass is 861 g/mol. The Morgan fingerprint density at radius 3 is 1.56 bits per heavy atom. The van der Waals surface area contributed by atoms with Gasteiger partial charge in [-0.05, 0) is 174 Å². The molecule has 0 radical (unpaired) electrons. The highest BCUT2D eigenvalue weighted by Gasteiger charge is 2.26. The molecule has 1 aliphatic carbocycles. The van der Waals surface area contributed by atoms with Crippen LogP contribution in [0.5, 0.6) is 0 Å². The molecule has 0 bridgehead atoms. The lowest BCUT2D eigenvalue weighted by Gasteiger charge is -2.24. The van der Waals surface area contributed by atoms with Gasteiger partial charge in [0.25, 0.3) is 0 Å². The second-order valence-electron chi connectivity index (χ2n) is 17.3. The third-order valence-electron chi connectivity index (χ3n) is 11.3. The highest BCUT2D eigenvalue weighted by Crippen LogP contribution is 2.37. The second-order valence-corrected chi connectivity index (χ2v) is 17.3. The molecule has 2 aromatic carbocycles. The van der Waals surface area contributed by atoms with E-state index in [1.165, 1.54) is 84.8 Å². The van der Waals surface area contributed by atoms with Crippen molar-refractivity contribution in [1.82, 2.24) is 0 Å². The van der Waals surface area contributed by atoms with Crippen LogP contribution in [0.1, 0.15) is 228 Å². The largest absolute Gasteiger partial charge is 0.239 e. The Hall–Kier alpha value is -3.26. The Kier molecular flexibility index (Phi) is 39.2. The first kappa shape index (κ1) is 65.4. The maximum atomic E-state index is 15.2. The van der Waals surface area contributed by atoms with E-state index >= 15 is 8.78 Å². The van der Waals surface area contributed by atoms with Crippen LogP contribution < -0.4 is 0 Å². The van der Waals surface area contributed by atoms with Gasteiger partial charge in [-0.2, -0.15) is 0 Å². The summed E-state index contributed by atoms with van der Waals surface area (Å²) in [5, 5.41) is 0. The molecular weight excluding hydrogens is 759 g/mol. The number of alkyl halides is 2. The molecule has 356 valence electrons. The molecule has 0 amide bonds. The molecule has 62 heavy (non-hydrogen) atoms. The number of benzene rings is 2. The topological polar surface area (TPSA) is 0 Å². The van der Waals surface area contributed by atoms with Crippen molar-refractivity contribution in [2.45, 2.75) is 234 Å². The summed E-state index contributed by atoms with van der Waals surface area (Å²) in [6, 6.07) is 10.2. The lowest BCUT2D eigenvalue weighted by atomic mass is 9.82. The molecule has 0 spiro atoms. The van der Waals surface area contributed by atoms with Crippen LogP contribution in [-0.2, 0) is 18.5 Å². The van der Waals surface area contributed by atoms with Gasteiger partial charge >= 0.3 is 0 Å². The van der Waals surface area contributed by atoms with Crippen LogP contribution in [0.2, 0.25) is 0 Å². The zero-order valence-electron chi connectivity index (χ0n) is 45.1. The van der Waals surface area contributed by atoms with E-state index in [9.17, 15) is 0 Å². The van der Waals surface area contributed by atoms with Crippen LogP contribution in [0.3, 0.4) is 0 Å². The lowest BCUT2D eigenvalue weighted by molar-refractivity contribution is 0.221. The number of hydrogen-bond acceptors (Lipinski definition) is 0. The van der Waals surface area contributed by atoms with E-state index in [0.29, 0.717) is 23.1 Å². The van der Waals surface area contributed by atoms with Crippen molar-refractivity contribution in [2.24, 2.45) is 5.92 Å². The fourth-order valence-corrected chi connectivity index (χ4v) is 6.33. The van der Waals surface area contributed by atoms with Crippen LogP contribution in [0, 0.1) is 26.7 Å². The molecule has 3 rings (SSSR count). The molecule has 1 aliphatic rings. The number of hydrogen-bond donors (Lipinski definition) is 0. The Labute approximate surface area is 387 Å². The minimum atomic E-state index is -1.54. The SMILES string of the molecule is C=C(Cc1ccc(C(C)(C)F)cc1C(=C)/C(C)=C(\C=C/C)C(C)(C)F)/C(Cc1ccc(C)c(C)c1C)=C(/C)CC.C=CCC.CC.CC.CC1CCCC1.CCCC.CCCC. The average Bonchev–Trinajstić information content (AvgIpc) is 3.75. The molecule has 0 nitrogen and oxygen atoms in total. The van der Waals surface area contributed by atoms with Gasteiger partial charge in [-0.3, -0.25) is 0 Å². The van der Waals surface area contributed by atoms with E-state index in [-0.39, 0.29) is 0 Å². The van der Waals surface area contributed by atoms with Gasteiger partial charge in [-0.1, -0.05) is 189 Å². The number of halogens is 2. The predicted octanol–water partition coefficient (Wildman–Crippen LogP) is 21.0. The molecule has 0 aromatic heterocycles. The molecule has 0 saturated heterocycles. The van der Waals surface area contributed by atoms with Crippen molar-refractivity contribution in [3.8, 4) is 0 Å². The highest BCUT2D eigenvalue weighted by atomic mass is 19.1. The Balaban J connectivity index is -0.000000626. The molecule has 0 heterocycles. The Morgan fingerprint density at radius 2 is 1.21 bits per heavy atom. The first-order valence-corrected chi connectivity index (χ1v) is 24.7. The molecule has 0 N–H and O–H groups in total. The van der Waals surface area contributed by atoms with Gasteiger partial charge in [0.1, 0.15) is 11.3 Å². The predicted molar refractivity (Wildman–Crippen MR) is 284 cm³/mol. The second kappa shape index (κ2) is 37.1. The van der Waals surface area contributed by atoms with E-state index in [1.807, 2.05) is 71.9 Å². The van der Waals surface area contributed by atoms with Gasteiger partial charge in [-0.15, -0.1) is 6.58 Å². The third-order valence-corrected chi connectivity index (χ3v) is 11.3. The number of allylic oxidation sites excluding steroid dienone is 9. The maximum Gasteiger partial charge on any atom is 0.130 e. The van der Waals surface area contributed by atoms with Crippen molar-refractivity contribution < 1.29 is 8.78 Å². The first-order valence-electron chi connectivity index (χ1n) is 24.7. The summed E-state index contributed by atoms with van der Waals surface area (Å²) in [5.74, 6) is 1.05. The molecule has 0 unspecified atom stereocenters. The summed E-state index contributed by atoms with van der Waals surface area (Å²) in [6.45, 7) is 54.5. The van der Waals surface area contributed by atoms with Gasteiger partial charge in [-0.25, -0.2) is 8.78 Å². The fourth-order valence-electron chi connectivity index (χ4n) is 6.33. The fraction of sp³-hybridized carbons (Fsp3) is 0.600. The number of rotatable bonds is 14. The van der Waals surface area contributed by atoms with Crippen molar-refractivity contribution in [2.75, 3.05) is 0 Å². The normalized spacial score (nSPS) is 13.0. The van der Waals surface area contributed by atoms with Gasteiger partial charge in [0.15, 0.2) is 0 Å². The van der Waals surface area contributed by atoms with Crippen molar-refractivity contribution in [3.05, 3.63) is 135 Å². The van der Waals surface area contributed by atoms with Gasteiger partial charge < -0.3 is 0 Å². The average molecular weight is 861 g/mol. The third kappa shape index (κ3) is 26.4. The molecule has 2 heteroatoms. The van der Waals surface area contributed by atoms with E-state index in [4.69, 9.17) is 0 Å².